The highest BCUT2D eigenvalue weighted by Gasteiger charge is 2.15. The van der Waals surface area contributed by atoms with Gasteiger partial charge in [-0.1, -0.05) is 73.4 Å². The van der Waals surface area contributed by atoms with Gasteiger partial charge >= 0.3 is 0 Å². The van der Waals surface area contributed by atoms with Gasteiger partial charge in [0.2, 0.25) is 0 Å². The molecule has 0 radical (unpaired) electrons. The summed E-state index contributed by atoms with van der Waals surface area (Å²) >= 11 is 0. The lowest BCUT2D eigenvalue weighted by Gasteiger charge is -2.07. The summed E-state index contributed by atoms with van der Waals surface area (Å²) in [7, 11) is 0. The summed E-state index contributed by atoms with van der Waals surface area (Å²) in [5.74, 6) is 1.08. The Bertz CT molecular complexity index is 979. The number of benzene rings is 1. The van der Waals surface area contributed by atoms with E-state index in [1.165, 1.54) is 5.57 Å². The van der Waals surface area contributed by atoms with Gasteiger partial charge in [-0.25, -0.2) is 0 Å². The molecule has 126 valence electrons. The number of hydrogen-bond donors (Lipinski definition) is 0. The first-order chi connectivity index (χ1) is 12.2. The Morgan fingerprint density at radius 2 is 1.92 bits per heavy atom. The first-order valence-electron chi connectivity index (χ1n) is 8.69. The predicted molar refractivity (Wildman–Crippen MR) is 107 cm³/mol. The summed E-state index contributed by atoms with van der Waals surface area (Å²) < 4.78 is 6.26. The van der Waals surface area contributed by atoms with Crippen molar-refractivity contribution < 1.29 is 4.42 Å². The number of furan rings is 1. The van der Waals surface area contributed by atoms with Crippen molar-refractivity contribution in [3.05, 3.63) is 100 Å². The summed E-state index contributed by atoms with van der Waals surface area (Å²) in [6.07, 6.45) is 15.0. The van der Waals surface area contributed by atoms with Gasteiger partial charge < -0.3 is 4.42 Å². The van der Waals surface area contributed by atoms with Gasteiger partial charge in [-0.2, -0.15) is 0 Å². The molecule has 0 saturated heterocycles. The maximum atomic E-state index is 6.26. The van der Waals surface area contributed by atoms with Gasteiger partial charge in [0, 0.05) is 22.3 Å². The Labute approximate surface area is 149 Å². The van der Waals surface area contributed by atoms with Crippen molar-refractivity contribution in [1.82, 2.24) is 0 Å². The second-order valence-electron chi connectivity index (χ2n) is 6.21. The minimum absolute atomic E-state index is 0.210. The molecule has 25 heavy (non-hydrogen) atoms. The Morgan fingerprint density at radius 3 is 2.60 bits per heavy atom. The van der Waals surface area contributed by atoms with Gasteiger partial charge in [0.15, 0.2) is 0 Å². The monoisotopic (exact) mass is 328 g/mol. The molecular weight excluding hydrogens is 304 g/mol. The lowest BCUT2D eigenvalue weighted by atomic mass is 9.97. The first-order valence-corrected chi connectivity index (χ1v) is 8.69. The topological polar surface area (TPSA) is 13.1 Å². The summed E-state index contributed by atoms with van der Waals surface area (Å²) in [4.78, 5) is 0. The third kappa shape index (κ3) is 3.36. The molecule has 0 bridgehead atoms. The third-order valence-electron chi connectivity index (χ3n) is 4.61. The molecule has 0 aliphatic heterocycles. The summed E-state index contributed by atoms with van der Waals surface area (Å²) in [6.45, 7) is 10.5. The minimum Gasteiger partial charge on any atom is -0.456 e. The molecule has 0 saturated carbocycles. The zero-order valence-electron chi connectivity index (χ0n) is 15.1. The van der Waals surface area contributed by atoms with Crippen molar-refractivity contribution in [2.75, 3.05) is 0 Å². The van der Waals surface area contributed by atoms with Crippen molar-refractivity contribution in [1.29, 1.82) is 0 Å². The molecule has 0 N–H and O–H groups in total. The lowest BCUT2D eigenvalue weighted by Crippen LogP contribution is -2.21. The van der Waals surface area contributed by atoms with Crippen LogP contribution in [0.2, 0.25) is 0 Å². The number of allylic oxidation sites excluding steroid dienone is 6. The van der Waals surface area contributed by atoms with E-state index >= 15 is 0 Å². The van der Waals surface area contributed by atoms with Crippen molar-refractivity contribution in [3.8, 4) is 0 Å². The SMILES string of the molecule is C=C(c1ccccc1)c1oc2c(c1C)=CC=CC(C(/C=C\C)=C/C)C=2. The molecule has 1 aliphatic carbocycles. The number of fused-ring (bicyclic) bond motifs is 1. The smallest absolute Gasteiger partial charge is 0.138 e. The summed E-state index contributed by atoms with van der Waals surface area (Å²) in [6, 6.07) is 10.2. The highest BCUT2D eigenvalue weighted by atomic mass is 16.3. The summed E-state index contributed by atoms with van der Waals surface area (Å²) in [5.41, 5.74) is 5.33. The normalized spacial score (nSPS) is 16.9. The quantitative estimate of drug-likeness (QED) is 0.726. The highest BCUT2D eigenvalue weighted by Crippen LogP contribution is 2.23. The van der Waals surface area contributed by atoms with Crippen LogP contribution < -0.4 is 10.6 Å². The zero-order valence-corrected chi connectivity index (χ0v) is 15.1. The molecule has 0 fully saturated rings. The molecule has 2 aromatic rings. The van der Waals surface area contributed by atoms with Crippen LogP contribution in [0.3, 0.4) is 0 Å². The van der Waals surface area contributed by atoms with E-state index in [0.29, 0.717) is 0 Å². The Morgan fingerprint density at radius 1 is 1.16 bits per heavy atom. The third-order valence-corrected chi connectivity index (χ3v) is 4.61. The van der Waals surface area contributed by atoms with E-state index in [2.05, 4.69) is 75.1 Å². The zero-order chi connectivity index (χ0) is 17.8. The van der Waals surface area contributed by atoms with Gasteiger partial charge in [0.05, 0.1) is 0 Å². The number of hydrogen-bond acceptors (Lipinski definition) is 1. The fourth-order valence-corrected chi connectivity index (χ4v) is 3.23. The lowest BCUT2D eigenvalue weighted by molar-refractivity contribution is 0.515. The van der Waals surface area contributed by atoms with Crippen LogP contribution in [0, 0.1) is 12.8 Å². The molecule has 1 unspecified atom stereocenters. The van der Waals surface area contributed by atoms with Crippen molar-refractivity contribution in [2.45, 2.75) is 20.8 Å². The second kappa shape index (κ2) is 7.40. The highest BCUT2D eigenvalue weighted by molar-refractivity contribution is 5.77. The van der Waals surface area contributed by atoms with Crippen LogP contribution in [0.5, 0.6) is 0 Å². The largest absolute Gasteiger partial charge is 0.456 e. The van der Waals surface area contributed by atoms with Crippen molar-refractivity contribution in [3.63, 3.8) is 0 Å². The second-order valence-corrected chi connectivity index (χ2v) is 6.21. The Balaban J connectivity index is 2.11. The fraction of sp³-hybridized carbons (Fsp3) is 0.167. The van der Waals surface area contributed by atoms with E-state index in [0.717, 1.165) is 33.1 Å². The van der Waals surface area contributed by atoms with Crippen LogP contribution in [-0.2, 0) is 0 Å². The van der Waals surface area contributed by atoms with Crippen LogP contribution in [0.4, 0.5) is 0 Å². The van der Waals surface area contributed by atoms with E-state index in [1.54, 1.807) is 0 Å². The fourth-order valence-electron chi connectivity index (χ4n) is 3.23. The van der Waals surface area contributed by atoms with Crippen molar-refractivity contribution >= 4 is 17.7 Å². The van der Waals surface area contributed by atoms with Gasteiger partial charge in [-0.05, 0) is 38.0 Å². The van der Waals surface area contributed by atoms with Crippen LogP contribution in [0.1, 0.15) is 30.7 Å². The van der Waals surface area contributed by atoms with Gasteiger partial charge in [0.1, 0.15) is 11.2 Å². The first kappa shape index (κ1) is 17.0. The van der Waals surface area contributed by atoms with Gasteiger partial charge in [-0.3, -0.25) is 0 Å². The van der Waals surface area contributed by atoms with Crippen LogP contribution in [-0.4, -0.2) is 0 Å². The molecule has 1 atom stereocenters. The van der Waals surface area contributed by atoms with Crippen LogP contribution in [0.25, 0.3) is 17.7 Å². The average molecular weight is 328 g/mol. The molecule has 3 rings (SSSR count). The molecule has 1 aliphatic rings. The average Bonchev–Trinajstić information content (AvgIpc) is 2.82. The van der Waals surface area contributed by atoms with Crippen LogP contribution in [0.15, 0.2) is 77.3 Å². The van der Waals surface area contributed by atoms with Gasteiger partial charge in [0.25, 0.3) is 0 Å². The van der Waals surface area contributed by atoms with Crippen molar-refractivity contribution in [2.24, 2.45) is 5.92 Å². The molecular formula is C24H24O. The molecule has 0 spiro atoms. The molecule has 0 amide bonds. The molecule has 1 nitrogen and oxygen atoms in total. The standard InChI is InChI=1S/C24H24O/c1-5-11-19(6-2)21-14-10-15-22-18(4)24(25-23(22)16-21)17(3)20-12-8-7-9-13-20/h5-16,21H,3H2,1-2,4H3/b11-5-,19-6+. The van der Waals surface area contributed by atoms with E-state index in [4.69, 9.17) is 4.42 Å². The molecule has 1 aromatic carbocycles. The molecule has 1 heteroatoms. The Hall–Kier alpha value is -2.80. The van der Waals surface area contributed by atoms with Crippen LogP contribution >= 0.6 is 0 Å². The minimum atomic E-state index is 0.210. The molecule has 1 aromatic heterocycles. The molecule has 1 heterocycles. The van der Waals surface area contributed by atoms with E-state index in [9.17, 15) is 0 Å². The van der Waals surface area contributed by atoms with E-state index < -0.39 is 0 Å². The maximum Gasteiger partial charge on any atom is 0.138 e. The van der Waals surface area contributed by atoms with Gasteiger partial charge in [-0.15, -0.1) is 0 Å². The number of rotatable bonds is 4. The Kier molecular flexibility index (Phi) is 5.04. The summed E-state index contributed by atoms with van der Waals surface area (Å²) in [5, 5.41) is 1.14. The predicted octanol–water partition coefficient (Wildman–Crippen LogP) is 4.92. The van der Waals surface area contributed by atoms with E-state index in [1.807, 2.05) is 25.1 Å². The maximum absolute atomic E-state index is 6.26. The van der Waals surface area contributed by atoms with E-state index in [-0.39, 0.29) is 5.92 Å².